The number of carbonyl (C=O) groups is 1. The molecule has 0 fully saturated rings. The van der Waals surface area contributed by atoms with E-state index in [0.717, 1.165) is 17.1 Å². The van der Waals surface area contributed by atoms with Crippen molar-refractivity contribution in [1.82, 2.24) is 19.4 Å². The summed E-state index contributed by atoms with van der Waals surface area (Å²) in [6.45, 7) is 2.35. The number of rotatable bonds is 5. The van der Waals surface area contributed by atoms with Gasteiger partial charge in [0, 0.05) is 16.1 Å². The molecule has 24 heavy (non-hydrogen) atoms. The van der Waals surface area contributed by atoms with Gasteiger partial charge in [-0.2, -0.15) is 5.10 Å². The molecule has 2 heterocycles. The van der Waals surface area contributed by atoms with Gasteiger partial charge in [0.1, 0.15) is 10.7 Å². The maximum absolute atomic E-state index is 12.4. The Morgan fingerprint density at radius 2 is 2.17 bits per heavy atom. The lowest BCUT2D eigenvalue weighted by Crippen LogP contribution is -2.16. The lowest BCUT2D eigenvalue weighted by atomic mass is 10.2. The molecule has 1 N–H and O–H groups in total. The standard InChI is InChI=1S/C15H13Cl2N5OS/c1-2-12-14(24-21-20-12)15(23)19-13-5-6-18-22(13)8-9-3-4-10(16)7-11(9)17/h3-7H,2,8H2,1H3,(H,19,23). The van der Waals surface area contributed by atoms with Gasteiger partial charge in [-0.1, -0.05) is 40.7 Å². The Morgan fingerprint density at radius 3 is 2.92 bits per heavy atom. The van der Waals surface area contributed by atoms with Crippen LogP contribution in [-0.2, 0) is 13.0 Å². The molecule has 0 aliphatic heterocycles. The number of aryl methyl sites for hydroxylation is 1. The number of carbonyl (C=O) groups excluding carboxylic acids is 1. The zero-order valence-corrected chi connectivity index (χ0v) is 15.0. The second-order valence-corrected chi connectivity index (χ2v) is 6.56. The smallest absolute Gasteiger partial charge is 0.270 e. The molecule has 0 aliphatic carbocycles. The third kappa shape index (κ3) is 3.58. The molecule has 2 aromatic heterocycles. The van der Waals surface area contributed by atoms with Crippen LogP contribution >= 0.6 is 34.7 Å². The van der Waals surface area contributed by atoms with Crippen molar-refractivity contribution in [3.8, 4) is 0 Å². The van der Waals surface area contributed by atoms with Gasteiger partial charge in [-0.3, -0.25) is 4.79 Å². The highest BCUT2D eigenvalue weighted by atomic mass is 35.5. The van der Waals surface area contributed by atoms with E-state index in [1.165, 1.54) is 0 Å². The van der Waals surface area contributed by atoms with Crippen molar-refractivity contribution < 1.29 is 4.79 Å². The van der Waals surface area contributed by atoms with E-state index in [-0.39, 0.29) is 5.91 Å². The molecule has 1 aromatic carbocycles. The first kappa shape index (κ1) is 16.9. The Bertz CT molecular complexity index is 876. The van der Waals surface area contributed by atoms with Crippen LogP contribution in [0.2, 0.25) is 10.0 Å². The SMILES string of the molecule is CCc1nnsc1C(=O)Nc1ccnn1Cc1ccc(Cl)cc1Cl. The van der Waals surface area contributed by atoms with Crippen molar-refractivity contribution in [3.63, 3.8) is 0 Å². The number of anilines is 1. The van der Waals surface area contributed by atoms with Crippen molar-refractivity contribution in [2.75, 3.05) is 5.32 Å². The largest absolute Gasteiger partial charge is 0.306 e. The van der Waals surface area contributed by atoms with Crippen LogP contribution in [-0.4, -0.2) is 25.3 Å². The van der Waals surface area contributed by atoms with Crippen molar-refractivity contribution in [3.05, 3.63) is 56.6 Å². The summed E-state index contributed by atoms with van der Waals surface area (Å²) < 4.78 is 5.49. The fourth-order valence-electron chi connectivity index (χ4n) is 2.16. The molecular weight excluding hydrogens is 369 g/mol. The van der Waals surface area contributed by atoms with Gasteiger partial charge in [0.15, 0.2) is 0 Å². The van der Waals surface area contributed by atoms with E-state index in [1.54, 1.807) is 29.1 Å². The molecule has 0 saturated carbocycles. The Labute approximate surface area is 152 Å². The van der Waals surface area contributed by atoms with Gasteiger partial charge in [0.05, 0.1) is 18.4 Å². The summed E-state index contributed by atoms with van der Waals surface area (Å²) in [5, 5.41) is 12.1. The average molecular weight is 382 g/mol. The molecule has 0 aliphatic rings. The Kier molecular flexibility index (Phi) is 5.13. The maximum atomic E-state index is 12.4. The van der Waals surface area contributed by atoms with Crippen LogP contribution in [0, 0.1) is 0 Å². The van der Waals surface area contributed by atoms with Gasteiger partial charge in [-0.25, -0.2) is 4.68 Å². The third-order valence-electron chi connectivity index (χ3n) is 3.39. The molecule has 3 rings (SSSR count). The maximum Gasteiger partial charge on any atom is 0.270 e. The second-order valence-electron chi connectivity index (χ2n) is 4.97. The summed E-state index contributed by atoms with van der Waals surface area (Å²) in [7, 11) is 0. The Balaban J connectivity index is 1.79. The first-order valence-electron chi connectivity index (χ1n) is 7.16. The molecule has 0 saturated heterocycles. The molecule has 0 unspecified atom stereocenters. The quantitative estimate of drug-likeness (QED) is 0.726. The molecule has 6 nitrogen and oxygen atoms in total. The summed E-state index contributed by atoms with van der Waals surface area (Å²) in [5.41, 5.74) is 1.54. The van der Waals surface area contributed by atoms with E-state index < -0.39 is 0 Å². The average Bonchev–Trinajstić information content (AvgIpc) is 3.19. The van der Waals surface area contributed by atoms with Crippen LogP contribution in [0.3, 0.4) is 0 Å². The van der Waals surface area contributed by atoms with Crippen molar-refractivity contribution >= 4 is 46.5 Å². The minimum Gasteiger partial charge on any atom is -0.306 e. The number of nitrogens with zero attached hydrogens (tertiary/aromatic N) is 4. The molecule has 3 aromatic rings. The summed E-state index contributed by atoms with van der Waals surface area (Å²) in [5.74, 6) is 0.326. The first-order chi connectivity index (χ1) is 11.6. The summed E-state index contributed by atoms with van der Waals surface area (Å²) in [6.07, 6.45) is 2.27. The van der Waals surface area contributed by atoms with Gasteiger partial charge < -0.3 is 5.32 Å². The molecule has 1 amide bonds. The van der Waals surface area contributed by atoms with E-state index in [9.17, 15) is 4.79 Å². The molecule has 0 bridgehead atoms. The molecule has 124 valence electrons. The van der Waals surface area contributed by atoms with Gasteiger partial charge in [-0.05, 0) is 35.6 Å². The lowest BCUT2D eigenvalue weighted by Gasteiger charge is -2.10. The van der Waals surface area contributed by atoms with Crippen LogP contribution in [0.5, 0.6) is 0 Å². The normalized spacial score (nSPS) is 10.8. The van der Waals surface area contributed by atoms with E-state index >= 15 is 0 Å². The van der Waals surface area contributed by atoms with Crippen molar-refractivity contribution in [1.29, 1.82) is 0 Å². The lowest BCUT2D eigenvalue weighted by molar-refractivity contribution is 0.102. The topological polar surface area (TPSA) is 72.7 Å². The minimum atomic E-state index is -0.245. The zero-order chi connectivity index (χ0) is 17.1. The van der Waals surface area contributed by atoms with Gasteiger partial charge in [-0.15, -0.1) is 5.10 Å². The van der Waals surface area contributed by atoms with Crippen LogP contribution in [0.25, 0.3) is 0 Å². The van der Waals surface area contributed by atoms with Gasteiger partial charge in [0.25, 0.3) is 5.91 Å². The monoisotopic (exact) mass is 381 g/mol. The number of nitrogens with one attached hydrogen (secondary N) is 1. The van der Waals surface area contributed by atoms with E-state index in [2.05, 4.69) is 20.0 Å². The second kappa shape index (κ2) is 7.29. The van der Waals surface area contributed by atoms with Gasteiger partial charge >= 0.3 is 0 Å². The summed E-state index contributed by atoms with van der Waals surface area (Å²) in [6, 6.07) is 7.00. The highest BCUT2D eigenvalue weighted by Gasteiger charge is 2.17. The summed E-state index contributed by atoms with van der Waals surface area (Å²) in [4.78, 5) is 12.9. The molecule has 0 radical (unpaired) electrons. The van der Waals surface area contributed by atoms with E-state index in [4.69, 9.17) is 23.2 Å². The minimum absolute atomic E-state index is 0.245. The summed E-state index contributed by atoms with van der Waals surface area (Å²) >= 11 is 13.2. The van der Waals surface area contributed by atoms with Crippen LogP contribution in [0.15, 0.2) is 30.5 Å². The van der Waals surface area contributed by atoms with Crippen molar-refractivity contribution in [2.24, 2.45) is 0 Å². The number of hydrogen-bond acceptors (Lipinski definition) is 5. The van der Waals surface area contributed by atoms with Crippen LogP contribution < -0.4 is 5.32 Å². The number of benzene rings is 1. The zero-order valence-electron chi connectivity index (χ0n) is 12.7. The van der Waals surface area contributed by atoms with Crippen LogP contribution in [0.4, 0.5) is 5.82 Å². The first-order valence-corrected chi connectivity index (χ1v) is 8.69. The predicted octanol–water partition coefficient (Wildman–Crippen LogP) is 3.90. The highest BCUT2D eigenvalue weighted by molar-refractivity contribution is 7.08. The van der Waals surface area contributed by atoms with Crippen molar-refractivity contribution in [2.45, 2.75) is 19.9 Å². The number of halogens is 2. The van der Waals surface area contributed by atoms with E-state index in [1.807, 2.05) is 13.0 Å². The Hall–Kier alpha value is -1.96. The molecule has 9 heteroatoms. The molecule has 0 spiro atoms. The molecular formula is C15H13Cl2N5OS. The third-order valence-corrected chi connectivity index (χ3v) is 4.74. The highest BCUT2D eigenvalue weighted by Crippen LogP contribution is 2.23. The van der Waals surface area contributed by atoms with E-state index in [0.29, 0.717) is 39.4 Å². The van der Waals surface area contributed by atoms with Crippen LogP contribution in [0.1, 0.15) is 27.9 Å². The predicted molar refractivity (Wildman–Crippen MR) is 95.0 cm³/mol. The van der Waals surface area contributed by atoms with Gasteiger partial charge in [0.2, 0.25) is 0 Å². The molecule has 0 atom stereocenters. The number of amides is 1. The number of aromatic nitrogens is 4. The fourth-order valence-corrected chi connectivity index (χ4v) is 3.28. The number of hydrogen-bond donors (Lipinski definition) is 1. The fraction of sp³-hybridized carbons (Fsp3) is 0.200. The Morgan fingerprint density at radius 1 is 1.33 bits per heavy atom.